The van der Waals surface area contributed by atoms with Gasteiger partial charge in [0.2, 0.25) is 0 Å². The summed E-state index contributed by atoms with van der Waals surface area (Å²) in [6.07, 6.45) is -0.333. The van der Waals surface area contributed by atoms with E-state index < -0.39 is 0 Å². The van der Waals surface area contributed by atoms with Gasteiger partial charge in [0.05, 0.1) is 6.61 Å². The summed E-state index contributed by atoms with van der Waals surface area (Å²) in [7, 11) is 0. The van der Waals surface area contributed by atoms with Crippen LogP contribution in [0.5, 0.6) is 0 Å². The number of rotatable bonds is 6. The Bertz CT molecular complexity index is 159. The molecule has 3 nitrogen and oxygen atoms in total. The number of hydrogen-bond acceptors (Lipinski definition) is 2. The van der Waals surface area contributed by atoms with Gasteiger partial charge in [-0.25, -0.2) is 4.79 Å². The Balaban J connectivity index is 3.88. The van der Waals surface area contributed by atoms with Crippen LogP contribution in [0, 0.1) is 5.92 Å². The fourth-order valence-electron chi connectivity index (χ4n) is 0.828. The van der Waals surface area contributed by atoms with Crippen LogP contribution in [0.2, 0.25) is 0 Å². The third-order valence-electron chi connectivity index (χ3n) is 1.51. The molecule has 0 aliphatic heterocycles. The standard InChI is InChI=1S/C9H17Cl2NO2/c1-8(2)7-14-9(13)12(5-3-10)6-4-11/h8H,3-7H2,1-2H3. The molecule has 14 heavy (non-hydrogen) atoms. The average Bonchev–Trinajstić information content (AvgIpc) is 2.14. The van der Waals surface area contributed by atoms with Crippen LogP contribution in [0.3, 0.4) is 0 Å². The van der Waals surface area contributed by atoms with Gasteiger partial charge >= 0.3 is 6.09 Å². The molecule has 0 spiro atoms. The largest absolute Gasteiger partial charge is 0.449 e. The maximum Gasteiger partial charge on any atom is 0.409 e. The van der Waals surface area contributed by atoms with Crippen LogP contribution >= 0.6 is 23.2 Å². The van der Waals surface area contributed by atoms with Crippen LogP contribution in [-0.4, -0.2) is 42.4 Å². The molecule has 84 valence electrons. The summed E-state index contributed by atoms with van der Waals surface area (Å²) in [6.45, 7) is 5.36. The van der Waals surface area contributed by atoms with Gasteiger partial charge in [-0.1, -0.05) is 13.8 Å². The number of carbonyl (C=O) groups is 1. The van der Waals surface area contributed by atoms with Gasteiger partial charge in [0.15, 0.2) is 0 Å². The van der Waals surface area contributed by atoms with E-state index in [1.165, 1.54) is 4.90 Å². The molecule has 0 fully saturated rings. The highest BCUT2D eigenvalue weighted by atomic mass is 35.5. The Morgan fingerprint density at radius 2 is 1.79 bits per heavy atom. The molecule has 5 heteroatoms. The zero-order valence-electron chi connectivity index (χ0n) is 8.63. The number of ether oxygens (including phenoxy) is 1. The van der Waals surface area contributed by atoms with E-state index >= 15 is 0 Å². The summed E-state index contributed by atoms with van der Waals surface area (Å²) in [4.78, 5) is 12.9. The van der Waals surface area contributed by atoms with E-state index in [2.05, 4.69) is 0 Å². The first-order valence-corrected chi connectivity index (χ1v) is 5.72. The Kier molecular flexibility index (Phi) is 8.09. The van der Waals surface area contributed by atoms with Crippen LogP contribution in [0.15, 0.2) is 0 Å². The van der Waals surface area contributed by atoms with Gasteiger partial charge < -0.3 is 9.64 Å². The molecule has 0 saturated heterocycles. The van der Waals surface area contributed by atoms with E-state index in [9.17, 15) is 4.79 Å². The van der Waals surface area contributed by atoms with E-state index in [4.69, 9.17) is 27.9 Å². The van der Waals surface area contributed by atoms with Gasteiger partial charge in [-0.05, 0) is 5.92 Å². The van der Waals surface area contributed by atoms with Crippen LogP contribution < -0.4 is 0 Å². The second-order valence-corrected chi connectivity index (χ2v) is 4.09. The summed E-state index contributed by atoms with van der Waals surface area (Å²) in [5.74, 6) is 1.13. The Hall–Kier alpha value is -0.150. The predicted octanol–water partition coefficient (Wildman–Crippen LogP) is 2.56. The SMILES string of the molecule is CC(C)COC(=O)N(CCCl)CCCl. The maximum atomic E-state index is 11.4. The smallest absolute Gasteiger partial charge is 0.409 e. The minimum Gasteiger partial charge on any atom is -0.449 e. The Morgan fingerprint density at radius 1 is 1.29 bits per heavy atom. The number of alkyl halides is 2. The van der Waals surface area contributed by atoms with Gasteiger partial charge in [0.25, 0.3) is 0 Å². The number of hydrogen-bond donors (Lipinski definition) is 0. The van der Waals surface area contributed by atoms with Gasteiger partial charge in [0, 0.05) is 24.8 Å². The Morgan fingerprint density at radius 3 is 2.14 bits per heavy atom. The second kappa shape index (κ2) is 8.18. The molecule has 0 aromatic carbocycles. The molecular weight excluding hydrogens is 225 g/mol. The molecule has 0 saturated carbocycles. The van der Waals surface area contributed by atoms with Crippen molar-refractivity contribution in [1.82, 2.24) is 4.90 Å². The van der Waals surface area contributed by atoms with Gasteiger partial charge in [-0.2, -0.15) is 0 Å². The molecule has 0 rings (SSSR count). The molecule has 0 radical (unpaired) electrons. The number of nitrogens with zero attached hydrogens (tertiary/aromatic N) is 1. The normalized spacial score (nSPS) is 10.4. The highest BCUT2D eigenvalue weighted by Crippen LogP contribution is 2.00. The first kappa shape index (κ1) is 13.8. The molecular formula is C9H17Cl2NO2. The van der Waals surface area contributed by atoms with Crippen molar-refractivity contribution in [2.45, 2.75) is 13.8 Å². The summed E-state index contributed by atoms with van der Waals surface area (Å²) >= 11 is 11.1. The first-order valence-electron chi connectivity index (χ1n) is 4.65. The van der Waals surface area contributed by atoms with Gasteiger partial charge in [-0.3, -0.25) is 0 Å². The quantitative estimate of drug-likeness (QED) is 0.670. The predicted molar refractivity (Wildman–Crippen MR) is 59.2 cm³/mol. The van der Waals surface area contributed by atoms with Crippen molar-refractivity contribution >= 4 is 29.3 Å². The lowest BCUT2D eigenvalue weighted by molar-refractivity contribution is 0.0959. The number of carbonyl (C=O) groups excluding carboxylic acids is 1. The van der Waals surface area contributed by atoms with E-state index in [1.54, 1.807) is 0 Å². The molecule has 0 aliphatic carbocycles. The van der Waals surface area contributed by atoms with Gasteiger partial charge in [0.1, 0.15) is 0 Å². The topological polar surface area (TPSA) is 29.5 Å². The minimum atomic E-state index is -0.333. The summed E-state index contributed by atoms with van der Waals surface area (Å²) in [5.41, 5.74) is 0. The second-order valence-electron chi connectivity index (χ2n) is 3.34. The fraction of sp³-hybridized carbons (Fsp3) is 0.889. The molecule has 0 bridgehead atoms. The van der Waals surface area contributed by atoms with Crippen molar-refractivity contribution in [3.63, 3.8) is 0 Å². The van der Waals surface area contributed by atoms with E-state index in [0.717, 1.165) is 0 Å². The van der Waals surface area contributed by atoms with Crippen molar-refractivity contribution in [1.29, 1.82) is 0 Å². The summed E-state index contributed by atoms with van der Waals surface area (Å²) < 4.78 is 5.04. The molecule has 0 N–H and O–H groups in total. The molecule has 0 heterocycles. The zero-order valence-corrected chi connectivity index (χ0v) is 10.1. The van der Waals surface area contributed by atoms with Crippen molar-refractivity contribution in [2.75, 3.05) is 31.5 Å². The van der Waals surface area contributed by atoms with Crippen LogP contribution in [0.4, 0.5) is 4.79 Å². The zero-order chi connectivity index (χ0) is 11.0. The third-order valence-corrected chi connectivity index (χ3v) is 1.85. The van der Waals surface area contributed by atoms with Crippen LogP contribution in [0.1, 0.15) is 13.8 Å². The lowest BCUT2D eigenvalue weighted by Crippen LogP contribution is -2.35. The van der Waals surface area contributed by atoms with E-state index in [-0.39, 0.29) is 6.09 Å². The van der Waals surface area contributed by atoms with Crippen LogP contribution in [-0.2, 0) is 4.74 Å². The highest BCUT2D eigenvalue weighted by Gasteiger charge is 2.13. The Labute approximate surface area is 95.3 Å². The monoisotopic (exact) mass is 241 g/mol. The molecule has 0 aromatic heterocycles. The number of halogens is 2. The molecule has 0 aliphatic rings. The van der Waals surface area contributed by atoms with Crippen molar-refractivity contribution < 1.29 is 9.53 Å². The third kappa shape index (κ3) is 6.33. The summed E-state index contributed by atoms with van der Waals surface area (Å²) in [6, 6.07) is 0. The molecule has 0 atom stereocenters. The molecule has 0 aromatic rings. The number of amides is 1. The molecule has 0 unspecified atom stereocenters. The van der Waals surface area contributed by atoms with Crippen LogP contribution in [0.25, 0.3) is 0 Å². The molecule has 1 amide bonds. The average molecular weight is 242 g/mol. The first-order chi connectivity index (χ1) is 6.61. The van der Waals surface area contributed by atoms with E-state index in [1.807, 2.05) is 13.8 Å². The van der Waals surface area contributed by atoms with E-state index in [0.29, 0.717) is 37.4 Å². The minimum absolute atomic E-state index is 0.333. The van der Waals surface area contributed by atoms with Crippen molar-refractivity contribution in [2.24, 2.45) is 5.92 Å². The fourth-order valence-corrected chi connectivity index (χ4v) is 1.24. The van der Waals surface area contributed by atoms with Crippen molar-refractivity contribution in [3.05, 3.63) is 0 Å². The highest BCUT2D eigenvalue weighted by molar-refractivity contribution is 6.18. The maximum absolute atomic E-state index is 11.4. The lowest BCUT2D eigenvalue weighted by Gasteiger charge is -2.20. The lowest BCUT2D eigenvalue weighted by atomic mass is 10.2. The summed E-state index contributed by atoms with van der Waals surface area (Å²) in [5, 5.41) is 0. The van der Waals surface area contributed by atoms with Gasteiger partial charge in [-0.15, -0.1) is 23.2 Å². The van der Waals surface area contributed by atoms with Crippen molar-refractivity contribution in [3.8, 4) is 0 Å².